The van der Waals surface area contributed by atoms with Crippen LogP contribution in [-0.2, 0) is 9.59 Å². The average molecular weight is 499 g/mol. The zero-order chi connectivity index (χ0) is 26.2. The second-order valence-corrected chi connectivity index (χ2v) is 10.4. The molecular formula is C31H62O4. The van der Waals surface area contributed by atoms with Gasteiger partial charge in [-0.3, -0.25) is 9.59 Å². The minimum absolute atomic E-state index is 0.344. The lowest BCUT2D eigenvalue weighted by molar-refractivity contribution is -0.138. The quantitative estimate of drug-likeness (QED) is 0.110. The largest absolute Gasteiger partial charge is 0.481 e. The topological polar surface area (TPSA) is 74.6 Å². The van der Waals surface area contributed by atoms with Crippen LogP contribution in [0.4, 0.5) is 0 Å². The molecule has 0 heterocycles. The number of unbranched alkanes of at least 4 members (excludes halogenated alkanes) is 23. The summed E-state index contributed by atoms with van der Waals surface area (Å²) in [6, 6.07) is 0. The maximum absolute atomic E-state index is 10.3. The fourth-order valence-electron chi connectivity index (χ4n) is 4.41. The van der Waals surface area contributed by atoms with Gasteiger partial charge in [0.25, 0.3) is 0 Å². The van der Waals surface area contributed by atoms with Crippen molar-refractivity contribution in [3.05, 3.63) is 0 Å². The molecule has 0 aromatic carbocycles. The predicted molar refractivity (Wildman–Crippen MR) is 151 cm³/mol. The van der Waals surface area contributed by atoms with Crippen LogP contribution in [0.2, 0.25) is 0 Å². The van der Waals surface area contributed by atoms with E-state index in [9.17, 15) is 9.59 Å². The summed E-state index contributed by atoms with van der Waals surface area (Å²) in [4.78, 5) is 20.6. The van der Waals surface area contributed by atoms with Crippen LogP contribution in [0.3, 0.4) is 0 Å². The van der Waals surface area contributed by atoms with E-state index in [-0.39, 0.29) is 0 Å². The molecule has 4 nitrogen and oxygen atoms in total. The molecule has 0 atom stereocenters. The molecule has 210 valence electrons. The van der Waals surface area contributed by atoms with Crippen molar-refractivity contribution in [2.45, 2.75) is 187 Å². The third kappa shape index (κ3) is 40.4. The fraction of sp³-hybridized carbons (Fsp3) is 0.935. The fourth-order valence-corrected chi connectivity index (χ4v) is 4.41. The van der Waals surface area contributed by atoms with E-state index in [1.807, 2.05) is 0 Å². The molecule has 0 unspecified atom stereocenters. The Kier molecular flexibility index (Phi) is 34.0. The summed E-state index contributed by atoms with van der Waals surface area (Å²) in [5.74, 6) is -1.31. The molecule has 0 saturated heterocycles. The number of carbonyl (C=O) groups is 2. The number of aliphatic carboxylic acids is 2. The molecule has 0 bridgehead atoms. The Balaban J connectivity index is 0. The van der Waals surface area contributed by atoms with Crippen LogP contribution >= 0.6 is 0 Å². The molecule has 0 aromatic heterocycles. The lowest BCUT2D eigenvalue weighted by Gasteiger charge is -2.02. The van der Waals surface area contributed by atoms with Crippen LogP contribution in [0, 0.1) is 0 Å². The number of carboxylic acids is 2. The first kappa shape index (κ1) is 36.1. The van der Waals surface area contributed by atoms with Crippen LogP contribution < -0.4 is 0 Å². The van der Waals surface area contributed by atoms with Gasteiger partial charge in [0.2, 0.25) is 0 Å². The van der Waals surface area contributed by atoms with Gasteiger partial charge in [-0.05, 0) is 12.8 Å². The molecule has 0 amide bonds. The van der Waals surface area contributed by atoms with Gasteiger partial charge < -0.3 is 10.2 Å². The first-order chi connectivity index (χ1) is 17.0. The van der Waals surface area contributed by atoms with Gasteiger partial charge in [-0.15, -0.1) is 0 Å². The maximum atomic E-state index is 10.3. The van der Waals surface area contributed by atoms with E-state index >= 15 is 0 Å². The van der Waals surface area contributed by atoms with Gasteiger partial charge in [-0.2, -0.15) is 0 Å². The smallest absolute Gasteiger partial charge is 0.303 e. The second kappa shape index (κ2) is 32.9. The molecule has 0 aliphatic rings. The van der Waals surface area contributed by atoms with Crippen molar-refractivity contribution in [1.82, 2.24) is 0 Å². The maximum Gasteiger partial charge on any atom is 0.303 e. The molecule has 0 aromatic rings. The Hall–Kier alpha value is -1.06. The zero-order valence-corrected chi connectivity index (χ0v) is 23.8. The molecular weight excluding hydrogens is 436 g/mol. The van der Waals surface area contributed by atoms with Crippen molar-refractivity contribution in [2.24, 2.45) is 0 Å². The van der Waals surface area contributed by atoms with Crippen LogP contribution in [0.1, 0.15) is 187 Å². The van der Waals surface area contributed by atoms with E-state index in [2.05, 4.69) is 13.8 Å². The molecule has 35 heavy (non-hydrogen) atoms. The molecule has 2 N–H and O–H groups in total. The highest BCUT2D eigenvalue weighted by atomic mass is 16.4. The van der Waals surface area contributed by atoms with Crippen LogP contribution in [0.25, 0.3) is 0 Å². The van der Waals surface area contributed by atoms with Crippen molar-refractivity contribution in [3.63, 3.8) is 0 Å². The number of rotatable bonds is 27. The standard InChI is InChI=1S/C17H34O2.C14H28O2/c1-2-3-4-5-6-7-8-9-10-11-12-13-14-15-16-17(18)19;1-2-3-4-5-6-7-8-9-10-11-12-13-14(15)16/h2-16H2,1H3,(H,18,19);2-13H2,1H3,(H,15,16). The van der Waals surface area contributed by atoms with Crippen molar-refractivity contribution >= 4 is 11.9 Å². The number of hydrogen-bond acceptors (Lipinski definition) is 2. The van der Waals surface area contributed by atoms with E-state index in [1.165, 1.54) is 135 Å². The lowest BCUT2D eigenvalue weighted by atomic mass is 10.0. The van der Waals surface area contributed by atoms with Crippen molar-refractivity contribution < 1.29 is 19.8 Å². The molecule has 0 fully saturated rings. The predicted octanol–water partition coefficient (Wildman–Crippen LogP) is 10.7. The van der Waals surface area contributed by atoms with Gasteiger partial charge in [0, 0.05) is 12.8 Å². The Bertz CT molecular complexity index is 422. The van der Waals surface area contributed by atoms with Crippen molar-refractivity contribution in [1.29, 1.82) is 0 Å². The molecule has 0 aliphatic heterocycles. The summed E-state index contributed by atoms with van der Waals surface area (Å²) >= 11 is 0. The van der Waals surface area contributed by atoms with E-state index in [0.717, 1.165) is 25.7 Å². The molecule has 4 heteroatoms. The highest BCUT2D eigenvalue weighted by molar-refractivity contribution is 5.66. The Morgan fingerprint density at radius 3 is 0.686 bits per heavy atom. The minimum atomic E-state index is -0.657. The molecule has 0 aliphatic carbocycles. The molecule has 0 saturated carbocycles. The van der Waals surface area contributed by atoms with Crippen LogP contribution in [0.5, 0.6) is 0 Å². The van der Waals surface area contributed by atoms with Gasteiger partial charge in [-0.1, -0.05) is 162 Å². The minimum Gasteiger partial charge on any atom is -0.481 e. The number of carboxylic acid groups (broad SMARTS) is 2. The summed E-state index contributed by atoms with van der Waals surface area (Å²) in [7, 11) is 0. The molecule has 0 radical (unpaired) electrons. The van der Waals surface area contributed by atoms with Crippen LogP contribution in [-0.4, -0.2) is 22.2 Å². The van der Waals surface area contributed by atoms with E-state index in [1.54, 1.807) is 0 Å². The van der Waals surface area contributed by atoms with Gasteiger partial charge >= 0.3 is 11.9 Å². The third-order valence-electron chi connectivity index (χ3n) is 6.74. The summed E-state index contributed by atoms with van der Waals surface area (Å²) in [6.07, 6.45) is 33.1. The Morgan fingerprint density at radius 2 is 0.514 bits per heavy atom. The normalized spacial score (nSPS) is 10.7. The highest BCUT2D eigenvalue weighted by Gasteiger charge is 1.98. The van der Waals surface area contributed by atoms with Gasteiger partial charge in [0.15, 0.2) is 0 Å². The van der Waals surface area contributed by atoms with Gasteiger partial charge in [0.1, 0.15) is 0 Å². The van der Waals surface area contributed by atoms with Crippen molar-refractivity contribution in [2.75, 3.05) is 0 Å². The molecule has 0 spiro atoms. The SMILES string of the molecule is CCCCCCCCCCCCCC(=O)O.CCCCCCCCCCCCCCCCC(=O)O. The zero-order valence-electron chi connectivity index (χ0n) is 23.8. The summed E-state index contributed by atoms with van der Waals surface area (Å²) in [5.41, 5.74) is 0. The third-order valence-corrected chi connectivity index (χ3v) is 6.74. The van der Waals surface area contributed by atoms with Gasteiger partial charge in [0.05, 0.1) is 0 Å². The van der Waals surface area contributed by atoms with Gasteiger partial charge in [-0.25, -0.2) is 0 Å². The molecule has 0 rings (SSSR count). The monoisotopic (exact) mass is 498 g/mol. The average Bonchev–Trinajstić information content (AvgIpc) is 2.83. The number of hydrogen-bond donors (Lipinski definition) is 2. The van der Waals surface area contributed by atoms with E-state index < -0.39 is 11.9 Å². The Morgan fingerprint density at radius 1 is 0.343 bits per heavy atom. The summed E-state index contributed by atoms with van der Waals surface area (Å²) in [6.45, 7) is 4.51. The second-order valence-electron chi connectivity index (χ2n) is 10.4. The lowest BCUT2D eigenvalue weighted by Crippen LogP contribution is -1.93. The van der Waals surface area contributed by atoms with E-state index in [0.29, 0.717) is 12.8 Å². The Labute approximate surface area is 219 Å². The highest BCUT2D eigenvalue weighted by Crippen LogP contribution is 2.14. The van der Waals surface area contributed by atoms with E-state index in [4.69, 9.17) is 10.2 Å². The first-order valence-electron chi connectivity index (χ1n) is 15.5. The summed E-state index contributed by atoms with van der Waals surface area (Å²) < 4.78 is 0. The summed E-state index contributed by atoms with van der Waals surface area (Å²) in [5, 5.41) is 17.0. The first-order valence-corrected chi connectivity index (χ1v) is 15.5. The van der Waals surface area contributed by atoms with Crippen molar-refractivity contribution in [3.8, 4) is 0 Å². The van der Waals surface area contributed by atoms with Crippen LogP contribution in [0.15, 0.2) is 0 Å².